The number of hydrogen-bond donors (Lipinski definition) is 0. The lowest BCUT2D eigenvalue weighted by molar-refractivity contribution is -0.384. The minimum absolute atomic E-state index is 0.0101. The van der Waals surface area contributed by atoms with Gasteiger partial charge in [-0.1, -0.05) is 29.3 Å². The molecular weight excluding hydrogens is 485 g/mol. The third kappa shape index (κ3) is 4.55. The monoisotopic (exact) mass is 501 g/mol. The van der Waals surface area contributed by atoms with E-state index in [4.69, 9.17) is 23.2 Å². The molecule has 0 radical (unpaired) electrons. The number of rotatable bonds is 5. The summed E-state index contributed by atoms with van der Waals surface area (Å²) in [5.41, 5.74) is 3.91. The lowest BCUT2D eigenvalue weighted by atomic mass is 10.2. The molecule has 0 spiro atoms. The zero-order valence-electron chi connectivity index (χ0n) is 17.5. The highest BCUT2D eigenvalue weighted by molar-refractivity contribution is 8.18. The molecule has 0 atom stereocenters. The predicted octanol–water partition coefficient (Wildman–Crippen LogP) is 6.55. The summed E-state index contributed by atoms with van der Waals surface area (Å²) in [4.78, 5) is 37.4. The van der Waals surface area contributed by atoms with Crippen LogP contribution in [0.4, 0.5) is 10.5 Å². The molecule has 0 bridgehead atoms. The fourth-order valence-electron chi connectivity index (χ4n) is 3.65. The van der Waals surface area contributed by atoms with E-state index >= 15 is 0 Å². The number of carbonyl (C=O) groups is 2. The second kappa shape index (κ2) is 9.05. The van der Waals surface area contributed by atoms with E-state index in [1.165, 1.54) is 12.1 Å². The SMILES string of the molecule is Cc1cc(/C=C2\SC(=O)N(Cc3ccc(Cl)cc3Cl)C2=O)c(C)n1-c1ccc([N+](=O)[O-])cc1. The van der Waals surface area contributed by atoms with Gasteiger partial charge in [0.25, 0.3) is 16.8 Å². The van der Waals surface area contributed by atoms with Crippen molar-refractivity contribution in [3.8, 4) is 5.69 Å². The van der Waals surface area contributed by atoms with Gasteiger partial charge in [0.05, 0.1) is 16.4 Å². The number of nitro benzene ring substituents is 1. The number of aryl methyl sites for hydroxylation is 1. The Morgan fingerprint density at radius 2 is 1.76 bits per heavy atom. The van der Waals surface area contributed by atoms with Crippen molar-refractivity contribution in [2.75, 3.05) is 0 Å². The van der Waals surface area contributed by atoms with Crippen molar-refractivity contribution in [3.63, 3.8) is 0 Å². The Labute approximate surface area is 203 Å². The summed E-state index contributed by atoms with van der Waals surface area (Å²) in [7, 11) is 0. The Kier molecular flexibility index (Phi) is 6.34. The molecule has 1 fully saturated rings. The van der Waals surface area contributed by atoms with Gasteiger partial charge in [-0.3, -0.25) is 24.6 Å². The van der Waals surface area contributed by atoms with Crippen molar-refractivity contribution in [1.82, 2.24) is 9.47 Å². The summed E-state index contributed by atoms with van der Waals surface area (Å²) in [6, 6.07) is 13.1. The molecule has 7 nitrogen and oxygen atoms in total. The van der Waals surface area contributed by atoms with E-state index in [9.17, 15) is 19.7 Å². The molecule has 2 aromatic carbocycles. The number of imide groups is 1. The van der Waals surface area contributed by atoms with Crippen molar-refractivity contribution in [2.45, 2.75) is 20.4 Å². The Bertz CT molecular complexity index is 1330. The molecule has 0 unspecified atom stereocenters. The average molecular weight is 502 g/mol. The first-order valence-electron chi connectivity index (χ1n) is 9.79. The summed E-state index contributed by atoms with van der Waals surface area (Å²) < 4.78 is 1.94. The Balaban J connectivity index is 1.61. The minimum atomic E-state index is -0.447. The van der Waals surface area contributed by atoms with E-state index in [0.29, 0.717) is 20.5 Å². The van der Waals surface area contributed by atoms with Crippen molar-refractivity contribution in [1.29, 1.82) is 0 Å². The van der Waals surface area contributed by atoms with E-state index in [1.54, 1.807) is 36.4 Å². The molecule has 1 aliphatic rings. The molecule has 0 N–H and O–H groups in total. The number of aromatic nitrogens is 1. The summed E-state index contributed by atoms with van der Waals surface area (Å²) in [6.45, 7) is 3.85. The van der Waals surface area contributed by atoms with Crippen LogP contribution in [0.15, 0.2) is 53.4 Å². The van der Waals surface area contributed by atoms with Gasteiger partial charge in [-0.15, -0.1) is 0 Å². The first-order chi connectivity index (χ1) is 15.7. The van der Waals surface area contributed by atoms with Crippen molar-refractivity contribution in [3.05, 3.63) is 96.1 Å². The van der Waals surface area contributed by atoms with Gasteiger partial charge in [0.2, 0.25) is 0 Å². The number of benzene rings is 2. The van der Waals surface area contributed by atoms with Gasteiger partial charge >= 0.3 is 0 Å². The van der Waals surface area contributed by atoms with Crippen LogP contribution in [0.25, 0.3) is 11.8 Å². The molecule has 0 aliphatic carbocycles. The average Bonchev–Trinajstić information content (AvgIpc) is 3.19. The molecular formula is C23H17Cl2N3O4S. The second-order valence-electron chi connectivity index (χ2n) is 7.44. The largest absolute Gasteiger partial charge is 0.318 e. The van der Waals surface area contributed by atoms with Crippen LogP contribution in [0.1, 0.15) is 22.5 Å². The number of hydrogen-bond acceptors (Lipinski definition) is 5. The van der Waals surface area contributed by atoms with Crippen LogP contribution in [0, 0.1) is 24.0 Å². The highest BCUT2D eigenvalue weighted by Gasteiger charge is 2.35. The molecule has 10 heteroatoms. The Morgan fingerprint density at radius 1 is 1.06 bits per heavy atom. The minimum Gasteiger partial charge on any atom is -0.318 e. The van der Waals surface area contributed by atoms with Crippen LogP contribution in [-0.4, -0.2) is 25.5 Å². The number of nitrogens with zero attached hydrogens (tertiary/aromatic N) is 3. The van der Waals surface area contributed by atoms with Gasteiger partial charge in [-0.2, -0.15) is 0 Å². The molecule has 2 heterocycles. The number of carbonyl (C=O) groups excluding carboxylic acids is 2. The molecule has 4 rings (SSSR count). The van der Waals surface area contributed by atoms with Crippen LogP contribution in [0.5, 0.6) is 0 Å². The topological polar surface area (TPSA) is 85.5 Å². The standard InChI is InChI=1S/C23H17Cl2N3O4S/c1-13-9-16(14(2)27(13)18-5-7-19(8-6-18)28(31)32)10-21-22(29)26(23(30)33-21)12-15-3-4-17(24)11-20(15)25/h3-11H,12H2,1-2H3/b21-10-. The highest BCUT2D eigenvalue weighted by atomic mass is 35.5. The fourth-order valence-corrected chi connectivity index (χ4v) is 4.95. The maximum atomic E-state index is 13.0. The third-order valence-electron chi connectivity index (χ3n) is 5.29. The maximum absolute atomic E-state index is 13.0. The number of thioether (sulfide) groups is 1. The van der Waals surface area contributed by atoms with Gasteiger partial charge in [-0.05, 0) is 73.1 Å². The number of halogens is 2. The Hall–Kier alpha value is -3.07. The van der Waals surface area contributed by atoms with E-state index in [2.05, 4.69) is 0 Å². The second-order valence-corrected chi connectivity index (χ2v) is 9.28. The van der Waals surface area contributed by atoms with Gasteiger partial charge in [0, 0.05) is 39.3 Å². The molecule has 1 aliphatic heterocycles. The van der Waals surface area contributed by atoms with Gasteiger partial charge in [-0.25, -0.2) is 0 Å². The molecule has 1 saturated heterocycles. The molecule has 168 valence electrons. The molecule has 3 aromatic rings. The van der Waals surface area contributed by atoms with E-state index in [1.807, 2.05) is 24.5 Å². The van der Waals surface area contributed by atoms with E-state index in [-0.39, 0.29) is 17.5 Å². The normalized spacial score (nSPS) is 15.0. The summed E-state index contributed by atoms with van der Waals surface area (Å²) in [5, 5.41) is 11.4. The van der Waals surface area contributed by atoms with E-state index < -0.39 is 10.8 Å². The third-order valence-corrected chi connectivity index (χ3v) is 6.79. The zero-order valence-corrected chi connectivity index (χ0v) is 19.9. The number of amides is 2. The smallest absolute Gasteiger partial charge is 0.293 e. The molecule has 1 aromatic heterocycles. The summed E-state index contributed by atoms with van der Waals surface area (Å²) in [5.74, 6) is -0.392. The van der Waals surface area contributed by atoms with Crippen molar-refractivity contribution >= 4 is 57.9 Å². The number of nitro groups is 1. The van der Waals surface area contributed by atoms with E-state index in [0.717, 1.165) is 39.3 Å². The predicted molar refractivity (Wildman–Crippen MR) is 130 cm³/mol. The quantitative estimate of drug-likeness (QED) is 0.225. The zero-order chi connectivity index (χ0) is 23.9. The van der Waals surface area contributed by atoms with Crippen LogP contribution in [0.2, 0.25) is 10.0 Å². The summed E-state index contributed by atoms with van der Waals surface area (Å²) >= 11 is 13.0. The summed E-state index contributed by atoms with van der Waals surface area (Å²) in [6.07, 6.45) is 1.69. The van der Waals surface area contributed by atoms with Crippen LogP contribution >= 0.6 is 35.0 Å². The molecule has 0 saturated carbocycles. The Morgan fingerprint density at radius 3 is 2.39 bits per heavy atom. The molecule has 33 heavy (non-hydrogen) atoms. The van der Waals surface area contributed by atoms with Gasteiger partial charge in [0.1, 0.15) is 0 Å². The van der Waals surface area contributed by atoms with Crippen LogP contribution in [0.3, 0.4) is 0 Å². The van der Waals surface area contributed by atoms with Crippen LogP contribution < -0.4 is 0 Å². The number of non-ortho nitro benzene ring substituents is 1. The van der Waals surface area contributed by atoms with Gasteiger partial charge < -0.3 is 4.57 Å². The molecule has 2 amide bonds. The first kappa shape index (κ1) is 23.1. The fraction of sp³-hybridized carbons (Fsp3) is 0.130. The van der Waals surface area contributed by atoms with Crippen LogP contribution in [-0.2, 0) is 11.3 Å². The lowest BCUT2D eigenvalue weighted by Crippen LogP contribution is -2.27. The van der Waals surface area contributed by atoms with Gasteiger partial charge in [0.15, 0.2) is 0 Å². The van der Waals surface area contributed by atoms with Crippen molar-refractivity contribution < 1.29 is 14.5 Å². The maximum Gasteiger partial charge on any atom is 0.293 e. The van der Waals surface area contributed by atoms with Crippen molar-refractivity contribution in [2.24, 2.45) is 0 Å². The lowest BCUT2D eigenvalue weighted by Gasteiger charge is -2.13. The first-order valence-corrected chi connectivity index (χ1v) is 11.4. The highest BCUT2D eigenvalue weighted by Crippen LogP contribution is 2.35.